The molecule has 1 aromatic carbocycles. The number of carbonyl (C=O) groups excluding carboxylic acids is 1. The second kappa shape index (κ2) is 5.35. The van der Waals surface area contributed by atoms with E-state index in [1.54, 1.807) is 16.7 Å². The molecule has 0 aromatic heterocycles. The summed E-state index contributed by atoms with van der Waals surface area (Å²) in [4.78, 5) is 13.7. The van der Waals surface area contributed by atoms with Gasteiger partial charge in [-0.3, -0.25) is 4.79 Å². The highest BCUT2D eigenvalue weighted by atomic mass is 79.9. The van der Waals surface area contributed by atoms with Gasteiger partial charge in [-0.2, -0.15) is 11.8 Å². The van der Waals surface area contributed by atoms with Crippen LogP contribution in [-0.2, 0) is 0 Å². The van der Waals surface area contributed by atoms with E-state index >= 15 is 0 Å². The molecule has 1 aliphatic rings. The summed E-state index contributed by atoms with van der Waals surface area (Å²) in [6.07, 6.45) is 0. The quantitative estimate of drug-likeness (QED) is 0.741. The third-order valence-electron chi connectivity index (χ3n) is 2.53. The van der Waals surface area contributed by atoms with Crippen molar-refractivity contribution >= 4 is 33.6 Å². The Kier molecular flexibility index (Phi) is 4.04. The molecule has 0 atom stereocenters. The molecule has 0 bridgehead atoms. The summed E-state index contributed by atoms with van der Waals surface area (Å²) in [5.41, 5.74) is 0.183. The van der Waals surface area contributed by atoms with Gasteiger partial charge in [0.1, 0.15) is 0 Å². The van der Waals surface area contributed by atoms with Gasteiger partial charge in [-0.15, -0.1) is 0 Å². The molecule has 0 radical (unpaired) electrons. The number of hydrogen-bond donors (Lipinski definition) is 0. The zero-order valence-electron chi connectivity index (χ0n) is 8.88. The summed E-state index contributed by atoms with van der Waals surface area (Å²) in [6.45, 7) is 1.31. The summed E-state index contributed by atoms with van der Waals surface area (Å²) in [5, 5.41) is 0. The third kappa shape index (κ3) is 2.80. The molecule has 2 nitrogen and oxygen atoms in total. The van der Waals surface area contributed by atoms with Crippen LogP contribution in [-0.4, -0.2) is 35.4 Å². The summed E-state index contributed by atoms with van der Waals surface area (Å²) in [7, 11) is 0. The topological polar surface area (TPSA) is 20.3 Å². The molecule has 0 aliphatic carbocycles. The van der Waals surface area contributed by atoms with E-state index in [-0.39, 0.29) is 15.9 Å². The lowest BCUT2D eigenvalue weighted by Gasteiger charge is -2.26. The number of rotatable bonds is 1. The first kappa shape index (κ1) is 12.8. The molecule has 1 aromatic rings. The first-order chi connectivity index (χ1) is 8.09. The molecule has 17 heavy (non-hydrogen) atoms. The van der Waals surface area contributed by atoms with Crippen molar-refractivity contribution in [2.45, 2.75) is 0 Å². The van der Waals surface area contributed by atoms with E-state index in [1.807, 2.05) is 0 Å². The summed E-state index contributed by atoms with van der Waals surface area (Å²) >= 11 is 4.68. The largest absolute Gasteiger partial charge is 0.337 e. The Balaban J connectivity index is 2.24. The van der Waals surface area contributed by atoms with Crippen LogP contribution >= 0.6 is 27.7 Å². The van der Waals surface area contributed by atoms with Gasteiger partial charge >= 0.3 is 0 Å². The Morgan fingerprint density at radius 3 is 2.53 bits per heavy atom. The average molecular weight is 322 g/mol. The second-order valence-electron chi connectivity index (χ2n) is 3.66. The molecule has 92 valence electrons. The first-order valence-electron chi connectivity index (χ1n) is 5.11. The molecule has 0 N–H and O–H groups in total. The highest BCUT2D eigenvalue weighted by molar-refractivity contribution is 9.10. The van der Waals surface area contributed by atoms with Crippen LogP contribution in [0.15, 0.2) is 16.6 Å². The fourth-order valence-corrected chi connectivity index (χ4v) is 2.97. The van der Waals surface area contributed by atoms with Crippen molar-refractivity contribution in [2.24, 2.45) is 0 Å². The van der Waals surface area contributed by atoms with Gasteiger partial charge < -0.3 is 4.90 Å². The van der Waals surface area contributed by atoms with Gasteiger partial charge in [-0.1, -0.05) is 0 Å². The lowest BCUT2D eigenvalue weighted by molar-refractivity contribution is 0.0771. The van der Waals surface area contributed by atoms with Crippen molar-refractivity contribution in [1.82, 2.24) is 4.90 Å². The van der Waals surface area contributed by atoms with E-state index in [2.05, 4.69) is 15.9 Å². The Morgan fingerprint density at radius 1 is 1.29 bits per heavy atom. The molecule has 1 heterocycles. The van der Waals surface area contributed by atoms with E-state index in [0.29, 0.717) is 13.1 Å². The number of nitrogens with zero attached hydrogens (tertiary/aromatic N) is 1. The van der Waals surface area contributed by atoms with Crippen LogP contribution in [0, 0.1) is 11.6 Å². The molecule has 1 aliphatic heterocycles. The zero-order chi connectivity index (χ0) is 12.4. The Labute approximate surface area is 110 Å². The minimum Gasteiger partial charge on any atom is -0.337 e. The number of thioether (sulfide) groups is 1. The van der Waals surface area contributed by atoms with Crippen molar-refractivity contribution in [3.63, 3.8) is 0 Å². The van der Waals surface area contributed by atoms with E-state index in [1.165, 1.54) is 6.07 Å². The first-order valence-corrected chi connectivity index (χ1v) is 7.06. The van der Waals surface area contributed by atoms with Gasteiger partial charge in [0.25, 0.3) is 5.91 Å². The molecule has 6 heteroatoms. The van der Waals surface area contributed by atoms with Gasteiger partial charge in [0.2, 0.25) is 0 Å². The van der Waals surface area contributed by atoms with Gasteiger partial charge in [0.15, 0.2) is 11.6 Å². The lowest BCUT2D eigenvalue weighted by Crippen LogP contribution is -2.37. The standard InChI is InChI=1S/C11H10BrF2NOS/c12-8-5-7(6-9(13)10(8)14)11(16)15-1-3-17-4-2-15/h5-6H,1-4H2. The third-order valence-corrected chi connectivity index (χ3v) is 4.05. The second-order valence-corrected chi connectivity index (χ2v) is 5.74. The lowest BCUT2D eigenvalue weighted by atomic mass is 10.2. The molecular weight excluding hydrogens is 312 g/mol. The van der Waals surface area contributed by atoms with Crippen LogP contribution < -0.4 is 0 Å². The normalized spacial score (nSPS) is 16.1. The molecule has 1 fully saturated rings. The number of hydrogen-bond acceptors (Lipinski definition) is 2. The maximum Gasteiger partial charge on any atom is 0.254 e. The van der Waals surface area contributed by atoms with E-state index < -0.39 is 11.6 Å². The smallest absolute Gasteiger partial charge is 0.254 e. The fraction of sp³-hybridized carbons (Fsp3) is 0.364. The molecule has 0 unspecified atom stereocenters. The number of halogens is 3. The van der Waals surface area contributed by atoms with Crippen LogP contribution in [0.5, 0.6) is 0 Å². The highest BCUT2D eigenvalue weighted by Crippen LogP contribution is 2.22. The molecule has 0 saturated carbocycles. The van der Waals surface area contributed by atoms with Crippen molar-refractivity contribution in [1.29, 1.82) is 0 Å². The molecule has 1 saturated heterocycles. The fourth-order valence-electron chi connectivity index (χ4n) is 1.63. The van der Waals surface area contributed by atoms with E-state index in [4.69, 9.17) is 0 Å². The summed E-state index contributed by atoms with van der Waals surface area (Å²) in [5.74, 6) is -0.442. The predicted molar refractivity (Wildman–Crippen MR) is 67.3 cm³/mol. The van der Waals surface area contributed by atoms with Crippen LogP contribution in [0.1, 0.15) is 10.4 Å². The minimum absolute atomic E-state index is 0.0211. The molecule has 2 rings (SSSR count). The van der Waals surface area contributed by atoms with Gasteiger partial charge in [-0.05, 0) is 28.1 Å². The SMILES string of the molecule is O=C(c1cc(F)c(F)c(Br)c1)N1CCSCC1. The van der Waals surface area contributed by atoms with Crippen LogP contribution in [0.3, 0.4) is 0 Å². The maximum atomic E-state index is 13.2. The molecule has 1 amide bonds. The average Bonchev–Trinajstić information content (AvgIpc) is 2.35. The van der Waals surface area contributed by atoms with Crippen molar-refractivity contribution < 1.29 is 13.6 Å². The molecular formula is C11H10BrF2NOS. The van der Waals surface area contributed by atoms with Crippen molar-refractivity contribution in [2.75, 3.05) is 24.6 Å². The van der Waals surface area contributed by atoms with Crippen LogP contribution in [0.2, 0.25) is 0 Å². The minimum atomic E-state index is -1.01. The van der Waals surface area contributed by atoms with E-state index in [9.17, 15) is 13.6 Å². The zero-order valence-corrected chi connectivity index (χ0v) is 11.3. The van der Waals surface area contributed by atoms with E-state index in [0.717, 1.165) is 17.6 Å². The van der Waals surface area contributed by atoms with Gasteiger partial charge in [0.05, 0.1) is 4.47 Å². The number of benzene rings is 1. The monoisotopic (exact) mass is 321 g/mol. The summed E-state index contributed by atoms with van der Waals surface area (Å²) < 4.78 is 26.2. The van der Waals surface area contributed by atoms with Crippen molar-refractivity contribution in [3.8, 4) is 0 Å². The van der Waals surface area contributed by atoms with Crippen LogP contribution in [0.25, 0.3) is 0 Å². The van der Waals surface area contributed by atoms with Gasteiger partial charge in [0, 0.05) is 30.2 Å². The van der Waals surface area contributed by atoms with Crippen LogP contribution in [0.4, 0.5) is 8.78 Å². The summed E-state index contributed by atoms with van der Waals surface area (Å²) in [6, 6.07) is 2.27. The Morgan fingerprint density at radius 2 is 1.94 bits per heavy atom. The Bertz CT molecular complexity index is 426. The number of carbonyl (C=O) groups is 1. The maximum absolute atomic E-state index is 13.2. The van der Waals surface area contributed by atoms with Crippen molar-refractivity contribution in [3.05, 3.63) is 33.8 Å². The Hall–Kier alpha value is -0.620. The molecule has 0 spiro atoms. The van der Waals surface area contributed by atoms with Gasteiger partial charge in [-0.25, -0.2) is 8.78 Å². The predicted octanol–water partition coefficient (Wildman–Crippen LogP) is 2.92. The number of amides is 1. The highest BCUT2D eigenvalue weighted by Gasteiger charge is 2.20.